The Balaban J connectivity index is 2.12. The van der Waals surface area contributed by atoms with E-state index in [4.69, 9.17) is 21.1 Å². The highest BCUT2D eigenvalue weighted by Crippen LogP contribution is 2.37. The molecule has 6 nitrogen and oxygen atoms in total. The zero-order valence-electron chi connectivity index (χ0n) is 18.7. The number of anilines is 1. The number of nitrogens with one attached hydrogen (secondary N) is 1. The average molecular weight is 447 g/mol. The third-order valence-electron chi connectivity index (χ3n) is 4.70. The average Bonchev–Trinajstić information content (AvgIpc) is 2.75. The van der Waals surface area contributed by atoms with Crippen molar-refractivity contribution in [2.45, 2.75) is 40.0 Å². The highest BCUT2D eigenvalue weighted by molar-refractivity contribution is 6.32. The van der Waals surface area contributed by atoms with Gasteiger partial charge in [-0.3, -0.25) is 9.59 Å². The van der Waals surface area contributed by atoms with Gasteiger partial charge in [-0.05, 0) is 43.5 Å². The SMILES string of the molecule is CCCCOc1c(Cl)cc(C(=O)N(C)CC(=O)Nc2ccccc2CC)cc1OCC. The molecule has 0 radical (unpaired) electrons. The largest absolute Gasteiger partial charge is 0.490 e. The second kappa shape index (κ2) is 12.2. The van der Waals surface area contributed by atoms with Crippen LogP contribution in [0.2, 0.25) is 5.02 Å². The summed E-state index contributed by atoms with van der Waals surface area (Å²) in [6.07, 6.45) is 2.69. The molecule has 0 unspecified atom stereocenters. The van der Waals surface area contributed by atoms with Gasteiger partial charge >= 0.3 is 0 Å². The van der Waals surface area contributed by atoms with E-state index in [-0.39, 0.29) is 18.4 Å². The van der Waals surface area contributed by atoms with Gasteiger partial charge in [0.15, 0.2) is 11.5 Å². The standard InChI is InChI=1S/C24H31ClN2O4/c1-5-8-13-31-23-19(25)14-18(15-21(23)30-7-3)24(29)27(4)16-22(28)26-20-12-10-9-11-17(20)6-2/h9-12,14-15H,5-8,13,16H2,1-4H3,(H,26,28). The number of aryl methyl sites for hydroxylation is 1. The van der Waals surface area contributed by atoms with Crippen molar-refractivity contribution in [1.29, 1.82) is 0 Å². The minimum absolute atomic E-state index is 0.0901. The molecule has 0 spiro atoms. The number of rotatable bonds is 11. The zero-order chi connectivity index (χ0) is 22.8. The number of carbonyl (C=O) groups excluding carboxylic acids is 2. The fraction of sp³-hybridized carbons (Fsp3) is 0.417. The van der Waals surface area contributed by atoms with Crippen molar-refractivity contribution in [3.8, 4) is 11.5 Å². The maximum absolute atomic E-state index is 12.9. The van der Waals surface area contributed by atoms with Gasteiger partial charge in [-0.2, -0.15) is 0 Å². The van der Waals surface area contributed by atoms with Crippen molar-refractivity contribution in [3.63, 3.8) is 0 Å². The number of ether oxygens (including phenoxy) is 2. The molecule has 2 aromatic carbocycles. The Morgan fingerprint density at radius 1 is 1.10 bits per heavy atom. The third-order valence-corrected chi connectivity index (χ3v) is 4.98. The molecule has 2 rings (SSSR count). The fourth-order valence-electron chi connectivity index (χ4n) is 3.06. The van der Waals surface area contributed by atoms with Crippen LogP contribution in [0.3, 0.4) is 0 Å². The van der Waals surface area contributed by atoms with E-state index in [2.05, 4.69) is 12.2 Å². The van der Waals surface area contributed by atoms with Gasteiger partial charge in [-0.15, -0.1) is 0 Å². The molecule has 0 aromatic heterocycles. The van der Waals surface area contributed by atoms with Crippen molar-refractivity contribution < 1.29 is 19.1 Å². The highest BCUT2D eigenvalue weighted by atomic mass is 35.5. The van der Waals surface area contributed by atoms with Crippen LogP contribution < -0.4 is 14.8 Å². The Hall–Kier alpha value is -2.73. The van der Waals surface area contributed by atoms with E-state index in [0.29, 0.717) is 35.3 Å². The van der Waals surface area contributed by atoms with Crippen LogP contribution in [-0.4, -0.2) is 43.5 Å². The van der Waals surface area contributed by atoms with Crippen LogP contribution in [0.15, 0.2) is 36.4 Å². The minimum atomic E-state index is -0.332. The number of amides is 2. The predicted octanol–water partition coefficient (Wildman–Crippen LogP) is 5.19. The van der Waals surface area contributed by atoms with Crippen molar-refractivity contribution in [1.82, 2.24) is 4.90 Å². The van der Waals surface area contributed by atoms with Gasteiger partial charge in [0.1, 0.15) is 0 Å². The molecule has 2 aromatic rings. The first-order valence-corrected chi connectivity index (χ1v) is 11.0. The van der Waals surface area contributed by atoms with E-state index in [0.717, 1.165) is 30.5 Å². The minimum Gasteiger partial charge on any atom is -0.490 e. The molecule has 0 aliphatic rings. The first kappa shape index (κ1) is 24.5. The van der Waals surface area contributed by atoms with E-state index in [1.54, 1.807) is 19.2 Å². The molecular formula is C24H31ClN2O4. The monoisotopic (exact) mass is 446 g/mol. The second-order valence-corrected chi connectivity index (χ2v) is 7.55. The summed E-state index contributed by atoms with van der Waals surface area (Å²) in [4.78, 5) is 26.8. The summed E-state index contributed by atoms with van der Waals surface area (Å²) < 4.78 is 11.4. The van der Waals surface area contributed by atoms with Crippen LogP contribution in [0.25, 0.3) is 0 Å². The molecule has 168 valence electrons. The molecule has 0 aliphatic carbocycles. The topological polar surface area (TPSA) is 67.9 Å². The van der Waals surface area contributed by atoms with Crippen molar-refractivity contribution in [2.24, 2.45) is 0 Å². The summed E-state index contributed by atoms with van der Waals surface area (Å²) in [6, 6.07) is 10.8. The summed E-state index contributed by atoms with van der Waals surface area (Å²) >= 11 is 6.39. The van der Waals surface area contributed by atoms with Gasteiger partial charge in [0.2, 0.25) is 5.91 Å². The van der Waals surface area contributed by atoms with Crippen LogP contribution in [0.1, 0.15) is 49.5 Å². The number of likely N-dealkylation sites (N-methyl/N-ethyl adjacent to an activating group) is 1. The number of halogens is 1. The second-order valence-electron chi connectivity index (χ2n) is 7.14. The normalized spacial score (nSPS) is 10.5. The first-order valence-electron chi connectivity index (χ1n) is 10.6. The number of nitrogens with zero attached hydrogens (tertiary/aromatic N) is 1. The number of hydrogen-bond donors (Lipinski definition) is 1. The lowest BCUT2D eigenvalue weighted by Gasteiger charge is -2.19. The van der Waals surface area contributed by atoms with Crippen LogP contribution in [0.4, 0.5) is 5.69 Å². The first-order chi connectivity index (χ1) is 14.9. The Morgan fingerprint density at radius 3 is 2.52 bits per heavy atom. The lowest BCUT2D eigenvalue weighted by atomic mass is 10.1. The van der Waals surface area contributed by atoms with E-state index in [9.17, 15) is 9.59 Å². The van der Waals surface area contributed by atoms with Crippen LogP contribution in [-0.2, 0) is 11.2 Å². The van der Waals surface area contributed by atoms with Gasteiger partial charge in [-0.1, -0.05) is 50.1 Å². The zero-order valence-corrected chi connectivity index (χ0v) is 19.4. The van der Waals surface area contributed by atoms with E-state index in [1.807, 2.05) is 38.1 Å². The van der Waals surface area contributed by atoms with Crippen molar-refractivity contribution in [2.75, 3.05) is 32.1 Å². The molecule has 0 saturated carbocycles. The summed E-state index contributed by atoms with van der Waals surface area (Å²) in [6.45, 7) is 6.78. The number of benzene rings is 2. The molecule has 0 atom stereocenters. The summed E-state index contributed by atoms with van der Waals surface area (Å²) in [5.74, 6) is 0.253. The maximum Gasteiger partial charge on any atom is 0.254 e. The van der Waals surface area contributed by atoms with E-state index < -0.39 is 0 Å². The van der Waals surface area contributed by atoms with Gasteiger partial charge in [0.05, 0.1) is 24.8 Å². The van der Waals surface area contributed by atoms with E-state index in [1.165, 1.54) is 4.90 Å². The van der Waals surface area contributed by atoms with Crippen LogP contribution in [0.5, 0.6) is 11.5 Å². The molecule has 0 saturated heterocycles. The lowest BCUT2D eigenvalue weighted by Crippen LogP contribution is -2.35. The van der Waals surface area contributed by atoms with Crippen LogP contribution >= 0.6 is 11.6 Å². The molecule has 2 amide bonds. The predicted molar refractivity (Wildman–Crippen MR) is 124 cm³/mol. The van der Waals surface area contributed by atoms with Gasteiger partial charge < -0.3 is 19.7 Å². The van der Waals surface area contributed by atoms with E-state index >= 15 is 0 Å². The molecular weight excluding hydrogens is 416 g/mol. The highest BCUT2D eigenvalue weighted by Gasteiger charge is 2.20. The van der Waals surface area contributed by atoms with Crippen molar-refractivity contribution in [3.05, 3.63) is 52.5 Å². The van der Waals surface area contributed by atoms with Gasteiger partial charge in [0, 0.05) is 18.3 Å². The quantitative estimate of drug-likeness (QED) is 0.482. The molecule has 1 N–H and O–H groups in total. The number of unbranched alkanes of at least 4 members (excludes halogenated alkanes) is 1. The molecule has 7 heteroatoms. The van der Waals surface area contributed by atoms with Crippen molar-refractivity contribution >= 4 is 29.1 Å². The number of hydrogen-bond acceptors (Lipinski definition) is 4. The lowest BCUT2D eigenvalue weighted by molar-refractivity contribution is -0.116. The molecule has 0 aliphatic heterocycles. The summed E-state index contributed by atoms with van der Waals surface area (Å²) in [5.41, 5.74) is 2.13. The summed E-state index contributed by atoms with van der Waals surface area (Å²) in [7, 11) is 1.58. The van der Waals surface area contributed by atoms with Gasteiger partial charge in [-0.25, -0.2) is 0 Å². The molecule has 0 bridgehead atoms. The maximum atomic E-state index is 12.9. The molecule has 31 heavy (non-hydrogen) atoms. The molecule has 0 heterocycles. The number of para-hydroxylation sites is 1. The Bertz CT molecular complexity index is 901. The van der Waals surface area contributed by atoms with Gasteiger partial charge in [0.25, 0.3) is 5.91 Å². The number of carbonyl (C=O) groups is 2. The fourth-order valence-corrected chi connectivity index (χ4v) is 3.33. The summed E-state index contributed by atoms with van der Waals surface area (Å²) in [5, 5.41) is 3.18. The molecule has 0 fully saturated rings. The smallest absolute Gasteiger partial charge is 0.254 e. The Labute approximate surface area is 189 Å². The third kappa shape index (κ3) is 6.89. The Morgan fingerprint density at radius 2 is 1.84 bits per heavy atom. The Kier molecular flexibility index (Phi) is 9.66. The van der Waals surface area contributed by atoms with Crippen LogP contribution in [0, 0.1) is 0 Å².